The lowest BCUT2D eigenvalue weighted by molar-refractivity contribution is -0.115. The zero-order valence-electron chi connectivity index (χ0n) is 19.3. The SMILES string of the molecule is CCC(F)(F)c1ccc(CC(=O)Nc2ccc(C(=O)N(C)c3cc(C)cc(C)c3)cc2)cc1. The molecular formula is C27H28F2N2O2. The van der Waals surface area contributed by atoms with Crippen LogP contribution in [0.3, 0.4) is 0 Å². The second kappa shape index (κ2) is 9.94. The fourth-order valence-corrected chi connectivity index (χ4v) is 3.61. The van der Waals surface area contributed by atoms with Crippen LogP contribution in [0, 0.1) is 13.8 Å². The Hall–Kier alpha value is -3.54. The normalized spacial score (nSPS) is 11.2. The number of anilines is 2. The van der Waals surface area contributed by atoms with Gasteiger partial charge in [0.05, 0.1) is 6.42 Å². The van der Waals surface area contributed by atoms with E-state index in [1.165, 1.54) is 19.1 Å². The number of alkyl halides is 2. The maximum absolute atomic E-state index is 13.7. The monoisotopic (exact) mass is 450 g/mol. The van der Waals surface area contributed by atoms with Gasteiger partial charge < -0.3 is 10.2 Å². The van der Waals surface area contributed by atoms with E-state index in [0.717, 1.165) is 16.8 Å². The first kappa shape index (κ1) is 24.1. The minimum Gasteiger partial charge on any atom is -0.326 e. The molecule has 0 fully saturated rings. The Bertz CT molecular complexity index is 1120. The summed E-state index contributed by atoms with van der Waals surface area (Å²) < 4.78 is 27.5. The van der Waals surface area contributed by atoms with Crippen molar-refractivity contribution in [2.75, 3.05) is 17.3 Å². The highest BCUT2D eigenvalue weighted by molar-refractivity contribution is 6.06. The molecule has 0 aliphatic carbocycles. The Kier molecular flexibility index (Phi) is 7.26. The van der Waals surface area contributed by atoms with E-state index in [-0.39, 0.29) is 30.2 Å². The Morgan fingerprint density at radius 2 is 1.48 bits per heavy atom. The largest absolute Gasteiger partial charge is 0.326 e. The number of rotatable bonds is 7. The average Bonchev–Trinajstić information content (AvgIpc) is 2.78. The van der Waals surface area contributed by atoms with E-state index < -0.39 is 5.92 Å². The fraction of sp³-hybridized carbons (Fsp3) is 0.259. The molecule has 0 atom stereocenters. The molecule has 4 nitrogen and oxygen atoms in total. The first-order valence-electron chi connectivity index (χ1n) is 10.8. The van der Waals surface area contributed by atoms with E-state index in [0.29, 0.717) is 16.8 Å². The number of amides is 2. The Labute approximate surface area is 193 Å². The zero-order valence-corrected chi connectivity index (χ0v) is 19.3. The standard InChI is InChI=1S/C27H28F2N2O2/c1-5-27(28,29)22-10-6-20(7-11-22)17-25(32)30-23-12-8-21(9-13-23)26(33)31(4)24-15-18(2)14-19(3)16-24/h6-16H,5,17H2,1-4H3,(H,30,32). The summed E-state index contributed by atoms with van der Waals surface area (Å²) in [5.41, 5.74) is 4.62. The molecule has 0 saturated carbocycles. The molecule has 1 N–H and O–H groups in total. The van der Waals surface area contributed by atoms with Crippen molar-refractivity contribution in [2.45, 2.75) is 39.5 Å². The molecule has 33 heavy (non-hydrogen) atoms. The van der Waals surface area contributed by atoms with Gasteiger partial charge in [0, 0.05) is 36.0 Å². The second-order valence-corrected chi connectivity index (χ2v) is 8.27. The predicted molar refractivity (Wildman–Crippen MR) is 128 cm³/mol. The van der Waals surface area contributed by atoms with Gasteiger partial charge in [0.2, 0.25) is 5.91 Å². The molecule has 3 aromatic carbocycles. The molecule has 0 heterocycles. The summed E-state index contributed by atoms with van der Waals surface area (Å²) >= 11 is 0. The lowest BCUT2D eigenvalue weighted by Gasteiger charge is -2.19. The molecule has 0 spiro atoms. The molecule has 0 aliphatic rings. The van der Waals surface area contributed by atoms with Crippen molar-refractivity contribution in [3.05, 3.63) is 94.5 Å². The van der Waals surface area contributed by atoms with Crippen LogP contribution in [-0.2, 0) is 17.1 Å². The molecule has 0 bridgehead atoms. The van der Waals surface area contributed by atoms with Crippen LogP contribution in [0.2, 0.25) is 0 Å². The lowest BCUT2D eigenvalue weighted by Crippen LogP contribution is -2.26. The van der Waals surface area contributed by atoms with E-state index in [1.807, 2.05) is 32.0 Å². The summed E-state index contributed by atoms with van der Waals surface area (Å²) in [7, 11) is 1.73. The summed E-state index contributed by atoms with van der Waals surface area (Å²) in [6.45, 7) is 5.41. The van der Waals surface area contributed by atoms with Gasteiger partial charge >= 0.3 is 0 Å². The third-order valence-electron chi connectivity index (χ3n) is 5.50. The first-order chi connectivity index (χ1) is 15.6. The molecule has 0 unspecified atom stereocenters. The fourth-order valence-electron chi connectivity index (χ4n) is 3.61. The van der Waals surface area contributed by atoms with Gasteiger partial charge in [-0.25, -0.2) is 8.78 Å². The highest BCUT2D eigenvalue weighted by atomic mass is 19.3. The number of nitrogens with zero attached hydrogens (tertiary/aromatic N) is 1. The van der Waals surface area contributed by atoms with Crippen LogP contribution in [0.15, 0.2) is 66.7 Å². The van der Waals surface area contributed by atoms with Gasteiger partial charge in [0.1, 0.15) is 0 Å². The van der Waals surface area contributed by atoms with E-state index >= 15 is 0 Å². The van der Waals surface area contributed by atoms with Crippen molar-refractivity contribution in [2.24, 2.45) is 0 Å². The molecule has 0 aliphatic heterocycles. The van der Waals surface area contributed by atoms with E-state index in [9.17, 15) is 18.4 Å². The molecule has 0 aromatic heterocycles. The van der Waals surface area contributed by atoms with Gasteiger partial charge in [0.25, 0.3) is 11.8 Å². The summed E-state index contributed by atoms with van der Waals surface area (Å²) in [6, 6.07) is 18.4. The van der Waals surface area contributed by atoms with Crippen molar-refractivity contribution in [1.29, 1.82) is 0 Å². The Morgan fingerprint density at radius 3 is 2.03 bits per heavy atom. The number of aryl methyl sites for hydroxylation is 2. The number of hydrogen-bond acceptors (Lipinski definition) is 2. The number of carbonyl (C=O) groups excluding carboxylic acids is 2. The van der Waals surface area contributed by atoms with Gasteiger partial charge in [-0.1, -0.05) is 37.3 Å². The molecule has 6 heteroatoms. The quantitative estimate of drug-likeness (QED) is 0.462. The molecule has 3 aromatic rings. The number of halogens is 2. The highest BCUT2D eigenvalue weighted by Crippen LogP contribution is 2.31. The van der Waals surface area contributed by atoms with Crippen LogP contribution in [0.4, 0.5) is 20.2 Å². The molecular weight excluding hydrogens is 422 g/mol. The number of nitrogens with one attached hydrogen (secondary N) is 1. The molecule has 0 saturated heterocycles. The average molecular weight is 451 g/mol. The second-order valence-electron chi connectivity index (χ2n) is 8.27. The zero-order chi connectivity index (χ0) is 24.2. The third-order valence-corrected chi connectivity index (χ3v) is 5.50. The van der Waals surface area contributed by atoms with E-state index in [1.54, 1.807) is 48.3 Å². The summed E-state index contributed by atoms with van der Waals surface area (Å²) in [6.07, 6.45) is -0.208. The van der Waals surface area contributed by atoms with Crippen molar-refractivity contribution >= 4 is 23.2 Å². The Morgan fingerprint density at radius 1 is 0.909 bits per heavy atom. The molecule has 2 amide bonds. The van der Waals surface area contributed by atoms with Gasteiger partial charge in [-0.05, 0) is 66.9 Å². The summed E-state index contributed by atoms with van der Waals surface area (Å²) in [5.74, 6) is -3.29. The highest BCUT2D eigenvalue weighted by Gasteiger charge is 2.28. The van der Waals surface area contributed by atoms with E-state index in [4.69, 9.17) is 0 Å². The first-order valence-corrected chi connectivity index (χ1v) is 10.8. The van der Waals surface area contributed by atoms with Gasteiger partial charge in [-0.15, -0.1) is 0 Å². The number of hydrogen-bond donors (Lipinski definition) is 1. The predicted octanol–water partition coefficient (Wildman–Crippen LogP) is 6.26. The van der Waals surface area contributed by atoms with E-state index in [2.05, 4.69) is 5.32 Å². The van der Waals surface area contributed by atoms with Gasteiger partial charge in [-0.2, -0.15) is 0 Å². The van der Waals surface area contributed by atoms with Crippen LogP contribution in [0.1, 0.15) is 46.0 Å². The maximum Gasteiger partial charge on any atom is 0.273 e. The van der Waals surface area contributed by atoms with Crippen LogP contribution in [0.5, 0.6) is 0 Å². The topological polar surface area (TPSA) is 49.4 Å². The number of carbonyl (C=O) groups is 2. The molecule has 172 valence electrons. The minimum absolute atomic E-state index is 0.0554. The van der Waals surface area contributed by atoms with Gasteiger partial charge in [0.15, 0.2) is 0 Å². The summed E-state index contributed by atoms with van der Waals surface area (Å²) in [5, 5.41) is 2.78. The minimum atomic E-state index is -2.87. The van der Waals surface area contributed by atoms with Crippen molar-refractivity contribution in [3.63, 3.8) is 0 Å². The Balaban J connectivity index is 1.62. The smallest absolute Gasteiger partial charge is 0.273 e. The van der Waals surface area contributed by atoms with Gasteiger partial charge in [-0.3, -0.25) is 9.59 Å². The number of benzene rings is 3. The van der Waals surface area contributed by atoms with Crippen LogP contribution >= 0.6 is 0 Å². The molecule has 0 radical (unpaired) electrons. The van der Waals surface area contributed by atoms with Crippen LogP contribution in [0.25, 0.3) is 0 Å². The molecule has 3 rings (SSSR count). The van der Waals surface area contributed by atoms with Crippen molar-refractivity contribution < 1.29 is 18.4 Å². The maximum atomic E-state index is 13.7. The van der Waals surface area contributed by atoms with Crippen LogP contribution < -0.4 is 10.2 Å². The summed E-state index contributed by atoms with van der Waals surface area (Å²) in [4.78, 5) is 26.8. The van der Waals surface area contributed by atoms with Crippen LogP contribution in [-0.4, -0.2) is 18.9 Å². The lowest BCUT2D eigenvalue weighted by atomic mass is 10.0. The van der Waals surface area contributed by atoms with Crippen molar-refractivity contribution in [1.82, 2.24) is 0 Å². The third kappa shape index (κ3) is 6.04. The van der Waals surface area contributed by atoms with Crippen molar-refractivity contribution in [3.8, 4) is 0 Å².